The molecule has 0 heterocycles. The quantitative estimate of drug-likeness (QED) is 0.296. The van der Waals surface area contributed by atoms with Crippen molar-refractivity contribution in [3.05, 3.63) is 0 Å². The maximum atomic E-state index is 10.8. The van der Waals surface area contributed by atoms with Gasteiger partial charge in [0.25, 0.3) is 0 Å². The molecule has 0 amide bonds. The SMILES string of the molecule is CCCCOP(=O)([O-])C(=O)OC.[Li+]. The molecule has 0 saturated carbocycles. The Morgan fingerprint density at radius 2 is 2.08 bits per heavy atom. The zero-order chi connectivity index (χ0) is 9.61. The Hall–Kier alpha value is 0.217. The topological polar surface area (TPSA) is 75.7 Å². The van der Waals surface area contributed by atoms with Crippen LogP contribution in [-0.2, 0) is 13.8 Å². The van der Waals surface area contributed by atoms with Crippen LogP contribution in [0.3, 0.4) is 0 Å². The maximum absolute atomic E-state index is 10.8. The molecule has 13 heavy (non-hydrogen) atoms. The van der Waals surface area contributed by atoms with E-state index in [1.54, 1.807) is 0 Å². The molecule has 0 aliphatic carbocycles. The third-order valence-electron chi connectivity index (χ3n) is 1.16. The first-order valence-corrected chi connectivity index (χ1v) is 5.13. The van der Waals surface area contributed by atoms with Gasteiger partial charge in [0.1, 0.15) is 0 Å². The fourth-order valence-corrected chi connectivity index (χ4v) is 1.19. The first-order chi connectivity index (χ1) is 5.54. The van der Waals surface area contributed by atoms with Crippen LogP contribution in [0.25, 0.3) is 0 Å². The zero-order valence-corrected chi connectivity index (χ0v) is 9.00. The molecule has 0 fully saturated rings. The number of ether oxygens (including phenoxy) is 1. The van der Waals surface area contributed by atoms with Crippen LogP contribution in [0, 0.1) is 0 Å². The molecule has 0 aromatic rings. The standard InChI is InChI=1S/C6H13O5P.Li/c1-3-4-5-11-12(8,9)6(7)10-2;/h3-5H2,1-2H3,(H,8,9);/q;+1/p-1. The molecule has 0 spiro atoms. The Balaban J connectivity index is 0. The van der Waals surface area contributed by atoms with Gasteiger partial charge in [0.05, 0.1) is 13.7 Å². The molecular weight excluding hydrogens is 190 g/mol. The first kappa shape index (κ1) is 15.7. The van der Waals surface area contributed by atoms with Crippen molar-refractivity contribution in [3.63, 3.8) is 0 Å². The molecule has 0 radical (unpaired) electrons. The minimum Gasteiger partial charge on any atom is -0.770 e. The van der Waals surface area contributed by atoms with E-state index in [0.717, 1.165) is 13.5 Å². The van der Waals surface area contributed by atoms with Crippen LogP contribution in [0.2, 0.25) is 0 Å². The van der Waals surface area contributed by atoms with Gasteiger partial charge in [-0.2, -0.15) is 0 Å². The fraction of sp³-hybridized carbons (Fsp3) is 0.833. The van der Waals surface area contributed by atoms with E-state index in [0.29, 0.717) is 6.42 Å². The molecule has 0 aliphatic rings. The van der Waals surface area contributed by atoms with Crippen molar-refractivity contribution < 1.29 is 42.4 Å². The molecule has 0 aliphatic heterocycles. The predicted octanol–water partition coefficient (Wildman–Crippen LogP) is -1.87. The summed E-state index contributed by atoms with van der Waals surface area (Å²) >= 11 is 0. The number of hydrogen-bond donors (Lipinski definition) is 0. The summed E-state index contributed by atoms with van der Waals surface area (Å²) in [4.78, 5) is 21.3. The monoisotopic (exact) mass is 202 g/mol. The largest absolute Gasteiger partial charge is 1.00 e. The van der Waals surface area contributed by atoms with Gasteiger partial charge in [-0.05, 0) is 6.42 Å². The summed E-state index contributed by atoms with van der Waals surface area (Å²) in [5, 5.41) is 0. The first-order valence-electron chi connectivity index (χ1n) is 3.58. The molecule has 0 aromatic heterocycles. The third kappa shape index (κ3) is 6.31. The summed E-state index contributed by atoms with van der Waals surface area (Å²) in [5.41, 5.74) is -1.32. The van der Waals surface area contributed by atoms with Crippen molar-refractivity contribution in [2.24, 2.45) is 0 Å². The third-order valence-corrected chi connectivity index (χ3v) is 2.31. The second kappa shape index (κ2) is 7.61. The molecule has 0 N–H and O–H groups in total. The van der Waals surface area contributed by atoms with Crippen LogP contribution >= 0.6 is 7.60 Å². The van der Waals surface area contributed by atoms with Crippen LogP contribution < -0.4 is 23.8 Å². The molecule has 7 heteroatoms. The zero-order valence-electron chi connectivity index (χ0n) is 8.11. The summed E-state index contributed by atoms with van der Waals surface area (Å²) in [6.45, 7) is 1.92. The molecule has 0 saturated heterocycles. The average Bonchev–Trinajstić information content (AvgIpc) is 2.03. The normalized spacial score (nSPS) is 14.1. The fourth-order valence-electron chi connectivity index (χ4n) is 0.494. The van der Waals surface area contributed by atoms with Gasteiger partial charge < -0.3 is 14.2 Å². The average molecular weight is 202 g/mol. The molecule has 0 aromatic carbocycles. The second-order valence-corrected chi connectivity index (χ2v) is 3.77. The van der Waals surface area contributed by atoms with Gasteiger partial charge in [0.15, 0.2) is 0 Å². The number of methoxy groups -OCH3 is 1. The summed E-state index contributed by atoms with van der Waals surface area (Å²) in [7, 11) is -3.43. The van der Waals surface area contributed by atoms with Crippen molar-refractivity contribution in [1.82, 2.24) is 0 Å². The Labute approximate surface area is 89.5 Å². The summed E-state index contributed by atoms with van der Waals surface area (Å²) in [5.74, 6) is 0. The van der Waals surface area contributed by atoms with E-state index in [4.69, 9.17) is 0 Å². The predicted molar refractivity (Wildman–Crippen MR) is 40.9 cm³/mol. The number of rotatable bonds is 5. The van der Waals surface area contributed by atoms with Gasteiger partial charge in [-0.1, -0.05) is 13.3 Å². The maximum Gasteiger partial charge on any atom is 1.00 e. The Kier molecular flexibility index (Phi) is 9.17. The van der Waals surface area contributed by atoms with Crippen LogP contribution in [0.4, 0.5) is 4.79 Å². The number of hydrogen-bond acceptors (Lipinski definition) is 5. The smallest absolute Gasteiger partial charge is 0.770 e. The van der Waals surface area contributed by atoms with Crippen molar-refractivity contribution in [2.45, 2.75) is 19.8 Å². The van der Waals surface area contributed by atoms with E-state index in [9.17, 15) is 14.3 Å². The van der Waals surface area contributed by atoms with Crippen molar-refractivity contribution in [2.75, 3.05) is 13.7 Å². The Morgan fingerprint density at radius 1 is 1.54 bits per heavy atom. The van der Waals surface area contributed by atoms with E-state index >= 15 is 0 Å². The number of carbonyl (C=O) groups excluding carboxylic acids is 1. The van der Waals surface area contributed by atoms with Gasteiger partial charge in [-0.3, -0.25) is 4.57 Å². The van der Waals surface area contributed by atoms with Crippen molar-refractivity contribution >= 4 is 13.3 Å². The Morgan fingerprint density at radius 3 is 2.46 bits per heavy atom. The van der Waals surface area contributed by atoms with Crippen LogP contribution in [0.5, 0.6) is 0 Å². The summed E-state index contributed by atoms with van der Waals surface area (Å²) < 4.78 is 19.1. The van der Waals surface area contributed by atoms with Crippen molar-refractivity contribution in [3.8, 4) is 0 Å². The minimum atomic E-state index is -4.42. The van der Waals surface area contributed by atoms with Crippen LogP contribution in [-0.4, -0.2) is 19.4 Å². The van der Waals surface area contributed by atoms with Gasteiger partial charge in [-0.25, -0.2) is 4.79 Å². The van der Waals surface area contributed by atoms with E-state index in [1.807, 2.05) is 6.92 Å². The van der Waals surface area contributed by atoms with Gasteiger partial charge >= 0.3 is 24.6 Å². The molecule has 72 valence electrons. The van der Waals surface area contributed by atoms with Crippen LogP contribution in [0.15, 0.2) is 0 Å². The molecule has 1 unspecified atom stereocenters. The summed E-state index contributed by atoms with van der Waals surface area (Å²) in [6, 6.07) is 0. The minimum absolute atomic E-state index is 0. The molecular formula is C6H12LiO5P. The van der Waals surface area contributed by atoms with E-state index in [-0.39, 0.29) is 25.5 Å². The number of carbonyl (C=O) groups is 1. The summed E-state index contributed by atoms with van der Waals surface area (Å²) in [6.07, 6.45) is 1.41. The molecule has 5 nitrogen and oxygen atoms in total. The Bertz CT molecular complexity index is 195. The van der Waals surface area contributed by atoms with E-state index in [1.165, 1.54) is 0 Å². The van der Waals surface area contributed by atoms with E-state index < -0.39 is 13.3 Å². The molecule has 0 rings (SSSR count). The second-order valence-electron chi connectivity index (χ2n) is 2.15. The van der Waals surface area contributed by atoms with Crippen LogP contribution in [0.1, 0.15) is 19.8 Å². The van der Waals surface area contributed by atoms with Gasteiger partial charge in [0, 0.05) is 0 Å². The molecule has 1 atom stereocenters. The molecule has 0 bridgehead atoms. The van der Waals surface area contributed by atoms with Gasteiger partial charge in [-0.15, -0.1) is 0 Å². The van der Waals surface area contributed by atoms with E-state index in [2.05, 4.69) is 9.26 Å². The number of unbranched alkanes of at least 4 members (excludes halogenated alkanes) is 1. The van der Waals surface area contributed by atoms with Gasteiger partial charge in [0.2, 0.25) is 7.60 Å². The van der Waals surface area contributed by atoms with Crippen molar-refractivity contribution in [1.29, 1.82) is 0 Å².